The van der Waals surface area contributed by atoms with Gasteiger partial charge in [0.05, 0.1) is 17.6 Å². The number of halogens is 1. The summed E-state index contributed by atoms with van der Waals surface area (Å²) in [5, 5.41) is 10.7. The minimum Gasteiger partial charge on any atom is -0.340 e. The summed E-state index contributed by atoms with van der Waals surface area (Å²) < 4.78 is 0.933. The van der Waals surface area contributed by atoms with E-state index in [2.05, 4.69) is 31.4 Å². The Labute approximate surface area is 170 Å². The van der Waals surface area contributed by atoms with E-state index in [0.29, 0.717) is 19.5 Å². The Hall–Kier alpha value is -2.71. The molecule has 1 aliphatic heterocycles. The molecule has 0 aliphatic carbocycles. The van der Waals surface area contributed by atoms with Crippen molar-refractivity contribution in [2.75, 3.05) is 18.4 Å². The van der Waals surface area contributed by atoms with Gasteiger partial charge in [-0.2, -0.15) is 5.10 Å². The molecular formula is C20H20BrN5O2. The molecule has 0 spiro atoms. The molecule has 1 fully saturated rings. The van der Waals surface area contributed by atoms with Crippen LogP contribution < -0.4 is 11.1 Å². The first-order chi connectivity index (χ1) is 13.5. The standard InChI is InChI=1S/C20H20BrN5O2/c21-15-3-1-12(2-4-15)18(22)20(28)26-8-7-13(11-26)19(27)24-16-5-6-17-14(9-16)10-23-25-17/h1-6,9-10,13,18H,7-8,11,22H2,(H,23,25)(H,24,27). The summed E-state index contributed by atoms with van der Waals surface area (Å²) in [7, 11) is 0. The van der Waals surface area contributed by atoms with Gasteiger partial charge in [-0.3, -0.25) is 14.7 Å². The summed E-state index contributed by atoms with van der Waals surface area (Å²) >= 11 is 3.37. The lowest BCUT2D eigenvalue weighted by Crippen LogP contribution is -2.38. The summed E-state index contributed by atoms with van der Waals surface area (Å²) in [6.07, 6.45) is 2.34. The quantitative estimate of drug-likeness (QED) is 0.578. The van der Waals surface area contributed by atoms with E-state index in [-0.39, 0.29) is 17.7 Å². The fraction of sp³-hybridized carbons (Fsp3) is 0.250. The van der Waals surface area contributed by atoms with Crippen LogP contribution in [0, 0.1) is 5.92 Å². The highest BCUT2D eigenvalue weighted by Crippen LogP contribution is 2.24. The minimum absolute atomic E-state index is 0.0876. The van der Waals surface area contributed by atoms with Gasteiger partial charge in [-0.25, -0.2) is 0 Å². The fourth-order valence-corrected chi connectivity index (χ4v) is 3.71. The molecule has 4 N–H and O–H groups in total. The van der Waals surface area contributed by atoms with Crippen LogP contribution in [0.15, 0.2) is 53.1 Å². The number of H-pyrrole nitrogens is 1. The van der Waals surface area contributed by atoms with Crippen LogP contribution in [0.1, 0.15) is 18.0 Å². The first kappa shape index (κ1) is 18.6. The lowest BCUT2D eigenvalue weighted by atomic mass is 10.1. The first-order valence-corrected chi connectivity index (χ1v) is 9.84. The second-order valence-corrected chi connectivity index (χ2v) is 7.88. The summed E-state index contributed by atoms with van der Waals surface area (Å²) in [6, 6.07) is 12.2. The van der Waals surface area contributed by atoms with Crippen molar-refractivity contribution in [3.8, 4) is 0 Å². The number of nitrogens with one attached hydrogen (secondary N) is 2. The summed E-state index contributed by atoms with van der Waals surface area (Å²) in [4.78, 5) is 27.0. The number of carbonyl (C=O) groups is 2. The largest absolute Gasteiger partial charge is 0.340 e. The second kappa shape index (κ2) is 7.73. The third kappa shape index (κ3) is 3.79. The van der Waals surface area contributed by atoms with Gasteiger partial charge in [0.15, 0.2) is 0 Å². The molecule has 3 aromatic rings. The summed E-state index contributed by atoms with van der Waals surface area (Å²) in [5.74, 6) is -0.492. The van der Waals surface area contributed by atoms with Crippen LogP contribution in [0.4, 0.5) is 5.69 Å². The van der Waals surface area contributed by atoms with E-state index in [1.165, 1.54) is 0 Å². The van der Waals surface area contributed by atoms with Gasteiger partial charge in [0.2, 0.25) is 11.8 Å². The Morgan fingerprint density at radius 2 is 2.04 bits per heavy atom. The molecule has 28 heavy (non-hydrogen) atoms. The maximum absolute atomic E-state index is 12.7. The average Bonchev–Trinajstić information content (AvgIpc) is 3.36. The van der Waals surface area contributed by atoms with E-state index in [9.17, 15) is 9.59 Å². The van der Waals surface area contributed by atoms with Gasteiger partial charge in [0.1, 0.15) is 6.04 Å². The van der Waals surface area contributed by atoms with Gasteiger partial charge >= 0.3 is 0 Å². The highest BCUT2D eigenvalue weighted by atomic mass is 79.9. The van der Waals surface area contributed by atoms with Crippen molar-refractivity contribution in [3.05, 3.63) is 58.7 Å². The predicted molar refractivity (Wildman–Crippen MR) is 110 cm³/mol. The van der Waals surface area contributed by atoms with Crippen LogP contribution in [0.2, 0.25) is 0 Å². The lowest BCUT2D eigenvalue weighted by molar-refractivity contribution is -0.132. The third-order valence-corrected chi connectivity index (χ3v) is 5.60. The van der Waals surface area contributed by atoms with E-state index in [4.69, 9.17) is 5.73 Å². The Morgan fingerprint density at radius 1 is 1.25 bits per heavy atom. The van der Waals surface area contributed by atoms with Crippen molar-refractivity contribution in [1.82, 2.24) is 15.1 Å². The highest BCUT2D eigenvalue weighted by Gasteiger charge is 2.33. The van der Waals surface area contributed by atoms with E-state index >= 15 is 0 Å². The maximum Gasteiger partial charge on any atom is 0.244 e. The lowest BCUT2D eigenvalue weighted by Gasteiger charge is -2.21. The number of benzene rings is 2. The van der Waals surface area contributed by atoms with Crippen LogP contribution >= 0.6 is 15.9 Å². The van der Waals surface area contributed by atoms with Gasteiger partial charge in [0.25, 0.3) is 0 Å². The zero-order valence-electron chi connectivity index (χ0n) is 15.1. The SMILES string of the molecule is NC(C(=O)N1CCC(C(=O)Nc2ccc3[nH]ncc3c2)C1)c1ccc(Br)cc1. The number of nitrogens with zero attached hydrogens (tertiary/aromatic N) is 2. The molecule has 4 rings (SSSR count). The molecule has 2 atom stereocenters. The number of hydrogen-bond donors (Lipinski definition) is 3. The van der Waals surface area contributed by atoms with Crippen molar-refractivity contribution in [2.45, 2.75) is 12.5 Å². The number of fused-ring (bicyclic) bond motifs is 1. The maximum atomic E-state index is 12.7. The number of nitrogens with two attached hydrogens (primary N) is 1. The topological polar surface area (TPSA) is 104 Å². The Kier molecular flexibility index (Phi) is 5.15. The normalized spacial score (nSPS) is 17.6. The molecule has 2 amide bonds. The number of rotatable bonds is 4. The minimum atomic E-state index is -0.724. The third-order valence-electron chi connectivity index (χ3n) is 5.07. The summed E-state index contributed by atoms with van der Waals surface area (Å²) in [5.41, 5.74) is 8.53. The van der Waals surface area contributed by atoms with E-state index in [1.54, 1.807) is 11.1 Å². The van der Waals surface area contributed by atoms with Crippen molar-refractivity contribution < 1.29 is 9.59 Å². The molecule has 1 aliphatic rings. The molecule has 1 saturated heterocycles. The molecule has 2 unspecified atom stereocenters. The molecule has 1 aromatic heterocycles. The summed E-state index contributed by atoms with van der Waals surface area (Å²) in [6.45, 7) is 0.908. The van der Waals surface area contributed by atoms with Crippen LogP contribution in [0.25, 0.3) is 10.9 Å². The number of amides is 2. The van der Waals surface area contributed by atoms with Gasteiger partial charge in [0, 0.05) is 28.6 Å². The monoisotopic (exact) mass is 441 g/mol. The predicted octanol–water partition coefficient (Wildman–Crippen LogP) is 2.81. The molecule has 2 aromatic carbocycles. The number of carbonyl (C=O) groups excluding carboxylic acids is 2. The molecular weight excluding hydrogens is 422 g/mol. The van der Waals surface area contributed by atoms with Gasteiger partial charge in [-0.1, -0.05) is 28.1 Å². The van der Waals surface area contributed by atoms with Gasteiger partial charge < -0.3 is 16.0 Å². The molecule has 8 heteroatoms. The molecule has 0 saturated carbocycles. The fourth-order valence-electron chi connectivity index (χ4n) is 3.45. The zero-order valence-corrected chi connectivity index (χ0v) is 16.6. The van der Waals surface area contributed by atoms with Crippen LogP contribution in [0.3, 0.4) is 0 Å². The number of aromatic amines is 1. The molecule has 7 nitrogen and oxygen atoms in total. The number of likely N-dealkylation sites (tertiary alicyclic amines) is 1. The molecule has 0 bridgehead atoms. The number of anilines is 1. The Balaban J connectivity index is 1.38. The van der Waals surface area contributed by atoms with Gasteiger partial charge in [-0.05, 0) is 42.3 Å². The number of aromatic nitrogens is 2. The van der Waals surface area contributed by atoms with Crippen LogP contribution in [-0.2, 0) is 9.59 Å². The van der Waals surface area contributed by atoms with Crippen LogP contribution in [-0.4, -0.2) is 40.0 Å². The van der Waals surface area contributed by atoms with Gasteiger partial charge in [-0.15, -0.1) is 0 Å². The van der Waals surface area contributed by atoms with E-state index < -0.39 is 6.04 Å². The highest BCUT2D eigenvalue weighted by molar-refractivity contribution is 9.10. The van der Waals surface area contributed by atoms with E-state index in [0.717, 1.165) is 26.6 Å². The molecule has 0 radical (unpaired) electrons. The Bertz CT molecular complexity index is 1020. The number of hydrogen-bond acceptors (Lipinski definition) is 4. The van der Waals surface area contributed by atoms with Crippen molar-refractivity contribution >= 4 is 44.3 Å². The average molecular weight is 442 g/mol. The second-order valence-electron chi connectivity index (χ2n) is 6.96. The Morgan fingerprint density at radius 3 is 2.82 bits per heavy atom. The van der Waals surface area contributed by atoms with Crippen LogP contribution in [0.5, 0.6) is 0 Å². The zero-order chi connectivity index (χ0) is 19.7. The van der Waals surface area contributed by atoms with Crippen molar-refractivity contribution in [1.29, 1.82) is 0 Å². The smallest absolute Gasteiger partial charge is 0.244 e. The molecule has 144 valence electrons. The first-order valence-electron chi connectivity index (χ1n) is 9.05. The van der Waals surface area contributed by atoms with E-state index in [1.807, 2.05) is 42.5 Å². The molecule has 2 heterocycles. The van der Waals surface area contributed by atoms with Crippen molar-refractivity contribution in [3.63, 3.8) is 0 Å². The van der Waals surface area contributed by atoms with Crippen molar-refractivity contribution in [2.24, 2.45) is 11.7 Å².